The molecule has 1 aliphatic heterocycles. The molecule has 6 N–H and O–H groups in total. The van der Waals surface area contributed by atoms with Gasteiger partial charge in [-0.3, -0.25) is 20.3 Å². The molecule has 2 heterocycles. The van der Waals surface area contributed by atoms with Crippen LogP contribution in [0, 0.1) is 22.7 Å². The van der Waals surface area contributed by atoms with Crippen LogP contribution in [0.3, 0.4) is 0 Å². The number of hydrogen-bond acceptors (Lipinski definition) is 10. The van der Waals surface area contributed by atoms with E-state index in [1.165, 1.54) is 17.0 Å². The highest BCUT2D eigenvalue weighted by atomic mass is 16.6. The summed E-state index contributed by atoms with van der Waals surface area (Å²) in [6.07, 6.45) is -3.70. The number of aliphatic hydroxyl groups is 1. The topological polar surface area (TPSA) is 216 Å². The van der Waals surface area contributed by atoms with Crippen molar-refractivity contribution in [3.05, 3.63) is 59.4 Å². The first-order valence-corrected chi connectivity index (χ1v) is 14.3. The van der Waals surface area contributed by atoms with E-state index >= 15 is 0 Å². The zero-order valence-corrected chi connectivity index (χ0v) is 25.1. The van der Waals surface area contributed by atoms with Crippen molar-refractivity contribution in [1.82, 2.24) is 15.2 Å². The van der Waals surface area contributed by atoms with Gasteiger partial charge in [0, 0.05) is 13.1 Å². The van der Waals surface area contributed by atoms with E-state index in [1.807, 2.05) is 26.0 Å². The first-order valence-electron chi connectivity index (χ1n) is 14.3. The molecule has 0 unspecified atom stereocenters. The molecule has 1 saturated heterocycles. The third kappa shape index (κ3) is 7.67. The summed E-state index contributed by atoms with van der Waals surface area (Å²) >= 11 is 0. The maximum Gasteiger partial charge on any atom is 0.323 e. The average molecular weight is 610 g/mol. The number of hydrogen-bond donors (Lipinski definition) is 5. The molecule has 1 aromatic carbocycles. The number of H-pyrrole nitrogens is 1. The van der Waals surface area contributed by atoms with Crippen molar-refractivity contribution in [3.63, 3.8) is 0 Å². The van der Waals surface area contributed by atoms with E-state index in [0.29, 0.717) is 13.1 Å². The monoisotopic (exact) mass is 609 g/mol. The van der Waals surface area contributed by atoms with Crippen LogP contribution >= 0.6 is 0 Å². The second-order valence-corrected chi connectivity index (χ2v) is 10.5. The van der Waals surface area contributed by atoms with Gasteiger partial charge in [0.15, 0.2) is 11.9 Å². The highest BCUT2D eigenvalue weighted by molar-refractivity contribution is 6.08. The Bertz CT molecular complexity index is 1380. The summed E-state index contributed by atoms with van der Waals surface area (Å²) in [5, 5.41) is 31.9. The number of benzene rings is 1. The Morgan fingerprint density at radius 3 is 2.52 bits per heavy atom. The maximum absolute atomic E-state index is 12.8. The van der Waals surface area contributed by atoms with E-state index in [2.05, 4.69) is 15.3 Å². The molecule has 44 heavy (non-hydrogen) atoms. The van der Waals surface area contributed by atoms with E-state index in [1.54, 1.807) is 38.1 Å². The van der Waals surface area contributed by atoms with Gasteiger partial charge in [0.25, 0.3) is 0 Å². The van der Waals surface area contributed by atoms with Crippen molar-refractivity contribution in [2.45, 2.75) is 64.1 Å². The van der Waals surface area contributed by atoms with Gasteiger partial charge in [-0.1, -0.05) is 44.2 Å². The fourth-order valence-corrected chi connectivity index (χ4v) is 4.60. The van der Waals surface area contributed by atoms with Crippen LogP contribution in [0.5, 0.6) is 0 Å². The normalized spacial score (nSPS) is 22.1. The number of nitriles is 1. The standard InChI is InChI=1S/C30H39N7O7/c1-5-37(6-2)29(41)36-27(34-17-32)20-12-13-22(35-20)30(16-31)26(39)25(43-28(40)24(33)18(3)4)21(44-30)15-42-23(38)14-19-10-8-7-9-11-19/h7-13,17-18,21,24-26,35,39H,5-6,14-15,33H2,1-4H3,(H2,32,34,36,41)/t21-,24+,25-,26-,30+/m1/s1. The Labute approximate surface area is 255 Å². The molecule has 2 amide bonds. The molecular formula is C30H39N7O7. The Kier molecular flexibility index (Phi) is 11.7. The van der Waals surface area contributed by atoms with E-state index in [-0.39, 0.29) is 29.6 Å². The number of carbonyl (C=O) groups is 3. The third-order valence-electron chi connectivity index (χ3n) is 7.25. The summed E-state index contributed by atoms with van der Waals surface area (Å²) in [6.45, 7) is 7.51. The molecule has 0 saturated carbocycles. The molecule has 0 bridgehead atoms. The lowest BCUT2D eigenvalue weighted by molar-refractivity contribution is -0.162. The Morgan fingerprint density at radius 1 is 1.25 bits per heavy atom. The number of nitrogens with zero attached hydrogens (tertiary/aromatic N) is 3. The number of esters is 2. The number of aliphatic imine (C=N–C) groups is 1. The fraction of sp³-hybridized carbons (Fsp3) is 0.467. The van der Waals surface area contributed by atoms with E-state index in [4.69, 9.17) is 25.4 Å². The summed E-state index contributed by atoms with van der Waals surface area (Å²) in [4.78, 5) is 46.4. The van der Waals surface area contributed by atoms with Crippen molar-refractivity contribution in [3.8, 4) is 6.07 Å². The second kappa shape index (κ2) is 15.2. The lowest BCUT2D eigenvalue weighted by atomic mass is 9.92. The summed E-state index contributed by atoms with van der Waals surface area (Å²) in [7, 11) is 0. The number of amides is 2. The Morgan fingerprint density at radius 2 is 1.93 bits per heavy atom. The zero-order chi connectivity index (χ0) is 32.4. The highest BCUT2D eigenvalue weighted by Crippen LogP contribution is 2.41. The van der Waals surface area contributed by atoms with Gasteiger partial charge in [-0.2, -0.15) is 5.26 Å². The molecule has 14 heteroatoms. The molecule has 0 radical (unpaired) electrons. The third-order valence-corrected chi connectivity index (χ3v) is 7.25. The quantitative estimate of drug-likeness (QED) is 0.134. The first-order chi connectivity index (χ1) is 21.0. The molecule has 1 aromatic heterocycles. The number of aromatic amines is 1. The Balaban J connectivity index is 1.90. The van der Waals surface area contributed by atoms with Crippen molar-refractivity contribution < 1.29 is 33.7 Å². The number of aliphatic hydroxyl groups excluding tert-OH is 1. The van der Waals surface area contributed by atoms with E-state index in [0.717, 1.165) is 11.9 Å². The van der Waals surface area contributed by atoms with Gasteiger partial charge in [0.05, 0.1) is 17.8 Å². The lowest BCUT2D eigenvalue weighted by Crippen LogP contribution is -2.46. The van der Waals surface area contributed by atoms with Gasteiger partial charge in [0.1, 0.15) is 37.3 Å². The number of carbonyl (C=O) groups excluding carboxylic acids is 3. The predicted molar refractivity (Wildman–Crippen MR) is 160 cm³/mol. The van der Waals surface area contributed by atoms with E-state index < -0.39 is 54.5 Å². The Hall–Kier alpha value is -4.58. The van der Waals surface area contributed by atoms with Gasteiger partial charge in [-0.25, -0.2) is 9.79 Å². The minimum absolute atomic E-state index is 0.0130. The van der Waals surface area contributed by atoms with Crippen molar-refractivity contribution in [2.75, 3.05) is 19.7 Å². The highest BCUT2D eigenvalue weighted by Gasteiger charge is 2.59. The SMILES string of the molecule is CCN(CC)C(=O)NC(=NC=N)c1ccc([C@]2(C#N)O[C@H](COC(=O)Cc3ccccc3)[C@@H](OC(=O)[C@@H](N)C(C)C)[C@H]2O)[nH]1. The van der Waals surface area contributed by atoms with Crippen molar-refractivity contribution in [2.24, 2.45) is 16.6 Å². The van der Waals surface area contributed by atoms with Gasteiger partial charge in [0.2, 0.25) is 5.60 Å². The summed E-state index contributed by atoms with van der Waals surface area (Å²) < 4.78 is 17.0. The number of urea groups is 1. The number of amidine groups is 1. The first kappa shape index (κ1) is 33.9. The smallest absolute Gasteiger partial charge is 0.323 e. The molecule has 0 aliphatic carbocycles. The maximum atomic E-state index is 12.8. The van der Waals surface area contributed by atoms with Crippen LogP contribution in [-0.2, 0) is 35.8 Å². The largest absolute Gasteiger partial charge is 0.463 e. The molecule has 3 rings (SSSR count). The fourth-order valence-electron chi connectivity index (χ4n) is 4.60. The second-order valence-electron chi connectivity index (χ2n) is 10.5. The number of rotatable bonds is 12. The predicted octanol–water partition coefficient (Wildman–Crippen LogP) is 1.58. The minimum Gasteiger partial charge on any atom is -0.463 e. The zero-order valence-electron chi connectivity index (χ0n) is 25.1. The van der Waals surface area contributed by atoms with Crippen LogP contribution in [0.15, 0.2) is 47.5 Å². The van der Waals surface area contributed by atoms with E-state index in [9.17, 15) is 24.8 Å². The van der Waals surface area contributed by atoms with Crippen LogP contribution in [0.1, 0.15) is 44.6 Å². The molecule has 236 valence electrons. The van der Waals surface area contributed by atoms with Crippen LogP contribution in [-0.4, -0.2) is 89.2 Å². The molecular weight excluding hydrogens is 570 g/mol. The molecule has 5 atom stereocenters. The van der Waals surface area contributed by atoms with Crippen molar-refractivity contribution in [1.29, 1.82) is 10.7 Å². The van der Waals surface area contributed by atoms with Gasteiger partial charge < -0.3 is 34.9 Å². The summed E-state index contributed by atoms with van der Waals surface area (Å²) in [5.41, 5.74) is 4.84. The molecule has 1 fully saturated rings. The van der Waals surface area contributed by atoms with Gasteiger partial charge in [-0.05, 0) is 37.5 Å². The van der Waals surface area contributed by atoms with Gasteiger partial charge >= 0.3 is 18.0 Å². The summed E-state index contributed by atoms with van der Waals surface area (Å²) in [6, 6.07) is 12.3. The number of nitrogens with one attached hydrogen (secondary N) is 3. The molecule has 2 aromatic rings. The lowest BCUT2D eigenvalue weighted by Gasteiger charge is -2.25. The number of aromatic nitrogens is 1. The van der Waals surface area contributed by atoms with Crippen LogP contribution in [0.2, 0.25) is 0 Å². The number of ether oxygens (including phenoxy) is 3. The molecule has 14 nitrogen and oxygen atoms in total. The average Bonchev–Trinajstić information content (AvgIpc) is 3.60. The molecule has 1 aliphatic rings. The summed E-state index contributed by atoms with van der Waals surface area (Å²) in [5.74, 6) is -1.71. The van der Waals surface area contributed by atoms with Crippen molar-refractivity contribution >= 4 is 30.1 Å². The van der Waals surface area contributed by atoms with Crippen LogP contribution < -0.4 is 11.1 Å². The van der Waals surface area contributed by atoms with Gasteiger partial charge in [-0.15, -0.1) is 0 Å². The van der Waals surface area contributed by atoms with Crippen LogP contribution in [0.25, 0.3) is 0 Å². The molecule has 0 spiro atoms. The van der Waals surface area contributed by atoms with Crippen LogP contribution in [0.4, 0.5) is 4.79 Å². The number of nitrogens with two attached hydrogens (primary N) is 1. The minimum atomic E-state index is -2.11.